The molecule has 0 saturated heterocycles. The van der Waals surface area contributed by atoms with Gasteiger partial charge in [-0.1, -0.05) is 24.4 Å². The molecular weight excluding hydrogens is 286 g/mol. The van der Waals surface area contributed by atoms with E-state index in [1.807, 2.05) is 26.1 Å². The highest BCUT2D eigenvalue weighted by Crippen LogP contribution is 2.51. The van der Waals surface area contributed by atoms with Gasteiger partial charge in [0.05, 0.1) is 10.9 Å². The Morgan fingerprint density at radius 2 is 1.95 bits per heavy atom. The van der Waals surface area contributed by atoms with Crippen LogP contribution < -0.4 is 4.90 Å². The fourth-order valence-electron chi connectivity index (χ4n) is 3.90. The number of anilines is 1. The molecule has 108 valence electrons. The molecule has 1 spiro atoms. The van der Waals surface area contributed by atoms with Gasteiger partial charge in [0.2, 0.25) is 5.91 Å². The monoisotopic (exact) mass is 301 g/mol. The summed E-state index contributed by atoms with van der Waals surface area (Å²) in [4.78, 5) is 23.2. The van der Waals surface area contributed by atoms with Gasteiger partial charge in [-0.2, -0.15) is 0 Å². The quantitative estimate of drug-likeness (QED) is 0.701. The molecule has 1 aliphatic heterocycles. The highest BCUT2D eigenvalue weighted by atomic mass is 35.5. The van der Waals surface area contributed by atoms with Crippen molar-refractivity contribution < 1.29 is 4.79 Å². The van der Waals surface area contributed by atoms with Crippen molar-refractivity contribution in [2.45, 2.75) is 38.0 Å². The van der Waals surface area contributed by atoms with E-state index in [0.29, 0.717) is 11.0 Å². The van der Waals surface area contributed by atoms with Gasteiger partial charge in [-0.3, -0.25) is 4.79 Å². The molecule has 0 radical (unpaired) electrons. The van der Waals surface area contributed by atoms with Gasteiger partial charge in [0.15, 0.2) is 0 Å². The lowest BCUT2D eigenvalue weighted by atomic mass is 9.80. The highest BCUT2D eigenvalue weighted by molar-refractivity contribution is 6.34. The molecule has 1 saturated carbocycles. The van der Waals surface area contributed by atoms with Crippen LogP contribution in [0, 0.1) is 6.92 Å². The summed E-state index contributed by atoms with van der Waals surface area (Å²) in [5, 5.41) is 1.31. The number of aryl methyl sites for hydroxylation is 1. The predicted molar refractivity (Wildman–Crippen MR) is 82.8 cm³/mol. The number of carbonyl (C=O) groups is 1. The summed E-state index contributed by atoms with van der Waals surface area (Å²) in [6, 6.07) is 4.02. The van der Waals surface area contributed by atoms with E-state index in [2.05, 4.69) is 9.97 Å². The maximum Gasteiger partial charge on any atom is 0.237 e. The number of benzene rings is 1. The number of rotatable bonds is 0. The molecule has 1 aromatic carbocycles. The van der Waals surface area contributed by atoms with E-state index in [1.54, 1.807) is 4.90 Å². The predicted octanol–water partition coefficient (Wildman–Crippen LogP) is 3.38. The van der Waals surface area contributed by atoms with Crippen LogP contribution in [-0.4, -0.2) is 22.9 Å². The number of hydrogen-bond acceptors (Lipinski definition) is 3. The van der Waals surface area contributed by atoms with Crippen LogP contribution in [0.2, 0.25) is 5.15 Å². The molecule has 1 amide bonds. The first-order valence-corrected chi connectivity index (χ1v) is 7.67. The zero-order chi connectivity index (χ0) is 14.8. The maximum absolute atomic E-state index is 12.8. The molecule has 0 bridgehead atoms. The Kier molecular flexibility index (Phi) is 2.58. The molecule has 1 aliphatic carbocycles. The number of nitrogens with zero attached hydrogens (tertiary/aromatic N) is 3. The summed E-state index contributed by atoms with van der Waals surface area (Å²) in [5.41, 5.74) is 2.55. The molecule has 0 atom stereocenters. The van der Waals surface area contributed by atoms with Crippen molar-refractivity contribution in [2.75, 3.05) is 11.9 Å². The number of hydrogen-bond donors (Lipinski definition) is 0. The zero-order valence-corrected chi connectivity index (χ0v) is 12.9. The molecule has 21 heavy (non-hydrogen) atoms. The van der Waals surface area contributed by atoms with Crippen LogP contribution in [0.5, 0.6) is 0 Å². The van der Waals surface area contributed by atoms with Crippen molar-refractivity contribution in [3.05, 3.63) is 28.7 Å². The maximum atomic E-state index is 12.8. The van der Waals surface area contributed by atoms with E-state index >= 15 is 0 Å². The third-order valence-corrected chi connectivity index (χ3v) is 5.21. The van der Waals surface area contributed by atoms with Gasteiger partial charge in [-0.25, -0.2) is 9.97 Å². The smallest absolute Gasteiger partial charge is 0.237 e. The van der Waals surface area contributed by atoms with Gasteiger partial charge >= 0.3 is 0 Å². The molecule has 2 heterocycles. The number of amides is 1. The number of likely N-dealkylation sites (N-methyl/N-ethyl adjacent to an activating group) is 1. The molecule has 0 unspecified atom stereocenters. The minimum Gasteiger partial charge on any atom is -0.314 e. The average molecular weight is 302 g/mol. The van der Waals surface area contributed by atoms with Gasteiger partial charge in [-0.15, -0.1) is 0 Å². The Morgan fingerprint density at radius 1 is 1.24 bits per heavy atom. The number of aromatic nitrogens is 2. The zero-order valence-electron chi connectivity index (χ0n) is 12.1. The third-order valence-electron chi connectivity index (χ3n) is 4.93. The topological polar surface area (TPSA) is 46.1 Å². The van der Waals surface area contributed by atoms with Crippen LogP contribution in [-0.2, 0) is 10.2 Å². The van der Waals surface area contributed by atoms with Gasteiger partial charge in [0, 0.05) is 18.1 Å². The van der Waals surface area contributed by atoms with Crippen LogP contribution in [0.15, 0.2) is 12.1 Å². The third kappa shape index (κ3) is 1.59. The fourth-order valence-corrected chi connectivity index (χ4v) is 4.18. The lowest BCUT2D eigenvalue weighted by Crippen LogP contribution is -2.36. The second-order valence-electron chi connectivity index (χ2n) is 6.10. The highest BCUT2D eigenvalue weighted by Gasteiger charge is 2.51. The van der Waals surface area contributed by atoms with Crippen molar-refractivity contribution in [2.24, 2.45) is 0 Å². The first-order chi connectivity index (χ1) is 10.0. The van der Waals surface area contributed by atoms with Crippen LogP contribution >= 0.6 is 11.6 Å². The molecule has 5 heteroatoms. The van der Waals surface area contributed by atoms with Crippen LogP contribution in [0.4, 0.5) is 5.69 Å². The van der Waals surface area contributed by atoms with Crippen LogP contribution in [0.25, 0.3) is 10.9 Å². The summed E-state index contributed by atoms with van der Waals surface area (Å²) >= 11 is 6.28. The molecular formula is C16H16ClN3O. The van der Waals surface area contributed by atoms with E-state index in [1.165, 1.54) is 0 Å². The normalized spacial score (nSPS) is 19.8. The Balaban J connectivity index is 2.05. The van der Waals surface area contributed by atoms with Crippen molar-refractivity contribution in [1.29, 1.82) is 0 Å². The van der Waals surface area contributed by atoms with Crippen molar-refractivity contribution in [3.63, 3.8) is 0 Å². The van der Waals surface area contributed by atoms with Crippen molar-refractivity contribution in [1.82, 2.24) is 9.97 Å². The van der Waals surface area contributed by atoms with Crippen LogP contribution in [0.3, 0.4) is 0 Å². The summed E-state index contributed by atoms with van der Waals surface area (Å²) in [6.45, 7) is 1.83. The largest absolute Gasteiger partial charge is 0.314 e. The lowest BCUT2D eigenvalue weighted by Gasteiger charge is -2.21. The van der Waals surface area contributed by atoms with E-state index in [9.17, 15) is 4.79 Å². The summed E-state index contributed by atoms with van der Waals surface area (Å²) < 4.78 is 0. The summed E-state index contributed by atoms with van der Waals surface area (Å²) in [5.74, 6) is 0.862. The number of fused-ring (bicyclic) bond motifs is 3. The average Bonchev–Trinajstić information content (AvgIpc) is 3.00. The van der Waals surface area contributed by atoms with E-state index in [0.717, 1.165) is 47.8 Å². The first-order valence-electron chi connectivity index (χ1n) is 7.29. The second-order valence-corrected chi connectivity index (χ2v) is 6.46. The van der Waals surface area contributed by atoms with E-state index < -0.39 is 0 Å². The van der Waals surface area contributed by atoms with Gasteiger partial charge in [0.1, 0.15) is 11.0 Å². The lowest BCUT2D eigenvalue weighted by molar-refractivity contribution is -0.122. The number of halogens is 1. The van der Waals surface area contributed by atoms with E-state index in [4.69, 9.17) is 11.6 Å². The molecule has 4 rings (SSSR count). The van der Waals surface area contributed by atoms with Crippen molar-refractivity contribution in [3.8, 4) is 0 Å². The Bertz CT molecular complexity index is 781. The summed E-state index contributed by atoms with van der Waals surface area (Å²) in [7, 11) is 1.86. The molecule has 0 N–H and O–H groups in total. The SMILES string of the molecule is Cc1nc(Cl)c2cc3c(cc2n1)N(C)C(=O)C31CCCC1. The minimum absolute atomic E-state index is 0.214. The Morgan fingerprint density at radius 3 is 2.67 bits per heavy atom. The Hall–Kier alpha value is -1.68. The van der Waals surface area contributed by atoms with Crippen molar-refractivity contribution >= 4 is 34.1 Å². The molecule has 1 aromatic heterocycles. The minimum atomic E-state index is -0.341. The van der Waals surface area contributed by atoms with E-state index in [-0.39, 0.29) is 11.3 Å². The molecule has 2 aromatic rings. The second kappa shape index (κ2) is 4.17. The van der Waals surface area contributed by atoms with Gasteiger partial charge in [0.25, 0.3) is 0 Å². The summed E-state index contributed by atoms with van der Waals surface area (Å²) in [6.07, 6.45) is 4.07. The Labute approximate surface area is 128 Å². The molecule has 1 fully saturated rings. The van der Waals surface area contributed by atoms with Crippen LogP contribution in [0.1, 0.15) is 37.1 Å². The standard InChI is InChI=1S/C16H16ClN3O/c1-9-18-12-8-13-11(7-10(12)14(17)19-9)16(5-3-4-6-16)15(21)20(13)2/h7-8H,3-6H2,1-2H3. The number of carbonyl (C=O) groups excluding carboxylic acids is 1. The molecule has 4 nitrogen and oxygen atoms in total. The van der Waals surface area contributed by atoms with Gasteiger partial charge < -0.3 is 4.90 Å². The molecule has 2 aliphatic rings. The first kappa shape index (κ1) is 13.0. The fraction of sp³-hybridized carbons (Fsp3) is 0.438. The van der Waals surface area contributed by atoms with Gasteiger partial charge in [-0.05, 0) is 37.5 Å².